The molecule has 0 spiro atoms. The third-order valence-corrected chi connectivity index (χ3v) is 1.42. The Morgan fingerprint density at radius 3 is 2.57 bits per heavy atom. The Labute approximate surface area is 42.9 Å². The molecule has 0 aromatic carbocycles. The lowest BCUT2D eigenvalue weighted by Gasteiger charge is -1.90. The van der Waals surface area contributed by atoms with Crippen molar-refractivity contribution in [3.63, 3.8) is 0 Å². The van der Waals surface area contributed by atoms with E-state index in [1.54, 1.807) is 0 Å². The molecule has 0 amide bonds. The predicted molar refractivity (Wildman–Crippen MR) is 25.8 cm³/mol. The van der Waals surface area contributed by atoms with Crippen molar-refractivity contribution in [3.05, 3.63) is 0 Å². The highest BCUT2D eigenvalue weighted by Gasteiger charge is 2.22. The molecule has 1 aliphatic heterocycles. The zero-order valence-corrected chi connectivity index (χ0v) is 4.52. The molecule has 2 N–H and O–H groups in total. The highest BCUT2D eigenvalue weighted by Crippen LogP contribution is 2.01. The van der Waals surface area contributed by atoms with E-state index in [1.165, 1.54) is 0 Å². The maximum absolute atomic E-state index is 12.1. The molecule has 2 atom stereocenters. The van der Waals surface area contributed by atoms with Crippen molar-refractivity contribution in [2.24, 2.45) is 0 Å². The van der Waals surface area contributed by atoms with Gasteiger partial charge in [-0.15, -0.1) is 0 Å². The van der Waals surface area contributed by atoms with Crippen LogP contribution < -0.4 is 5.32 Å². The van der Waals surface area contributed by atoms with Gasteiger partial charge in [-0.3, -0.25) is 0 Å². The fourth-order valence-corrected chi connectivity index (χ4v) is 0.976. The summed E-state index contributed by atoms with van der Waals surface area (Å²) < 4.78 is 12.1. The number of hydrogen-bond acceptors (Lipinski definition) is 0. The van der Waals surface area contributed by atoms with Gasteiger partial charge >= 0.3 is 0 Å². The van der Waals surface area contributed by atoms with Gasteiger partial charge in [-0.2, -0.15) is 0 Å². The molecular weight excluding hydrogens is 93.1 g/mol. The Hall–Kier alpha value is -0.110. The van der Waals surface area contributed by atoms with Crippen LogP contribution in [0.15, 0.2) is 0 Å². The van der Waals surface area contributed by atoms with E-state index in [0.717, 1.165) is 6.42 Å². The molecular formula is C5H11FN+. The molecule has 1 aliphatic rings. The standard InChI is InChI=1S/C5H10FN/c1-4-2-5(6)3-7-4/h4-5,7H,2-3H2,1H3/p+1. The smallest absolute Gasteiger partial charge is 0.154 e. The Morgan fingerprint density at radius 2 is 2.43 bits per heavy atom. The Balaban J connectivity index is 2.26. The first-order chi connectivity index (χ1) is 3.29. The van der Waals surface area contributed by atoms with Gasteiger partial charge in [-0.1, -0.05) is 0 Å². The summed E-state index contributed by atoms with van der Waals surface area (Å²) in [7, 11) is 0. The number of halogens is 1. The fourth-order valence-electron chi connectivity index (χ4n) is 0.976. The van der Waals surface area contributed by atoms with Crippen LogP contribution >= 0.6 is 0 Å². The third kappa shape index (κ3) is 1.13. The van der Waals surface area contributed by atoms with E-state index < -0.39 is 6.17 Å². The molecule has 1 rings (SSSR count). The van der Waals surface area contributed by atoms with Crippen molar-refractivity contribution in [1.29, 1.82) is 0 Å². The Morgan fingerprint density at radius 1 is 1.71 bits per heavy atom. The van der Waals surface area contributed by atoms with Gasteiger partial charge in [-0.05, 0) is 6.92 Å². The van der Waals surface area contributed by atoms with Crippen LogP contribution in [0.4, 0.5) is 4.39 Å². The van der Waals surface area contributed by atoms with E-state index >= 15 is 0 Å². The second-order valence-corrected chi connectivity index (χ2v) is 2.28. The number of quaternary nitrogens is 1. The molecule has 1 fully saturated rings. The van der Waals surface area contributed by atoms with E-state index in [-0.39, 0.29) is 0 Å². The second kappa shape index (κ2) is 1.78. The van der Waals surface area contributed by atoms with Gasteiger partial charge in [0, 0.05) is 6.42 Å². The van der Waals surface area contributed by atoms with Crippen molar-refractivity contribution in [2.75, 3.05) is 6.54 Å². The summed E-state index contributed by atoms with van der Waals surface area (Å²) in [6.07, 6.45) is 0.218. The summed E-state index contributed by atoms with van der Waals surface area (Å²) in [5, 5.41) is 2.05. The normalized spacial score (nSPS) is 42.0. The van der Waals surface area contributed by atoms with Crippen LogP contribution in [0.3, 0.4) is 0 Å². The molecule has 0 aromatic rings. The zero-order valence-electron chi connectivity index (χ0n) is 4.52. The van der Waals surface area contributed by atoms with E-state index in [4.69, 9.17) is 0 Å². The monoisotopic (exact) mass is 104 g/mol. The number of alkyl halides is 1. The molecule has 0 bridgehead atoms. The lowest BCUT2D eigenvalue weighted by molar-refractivity contribution is -0.668. The molecule has 1 nitrogen and oxygen atoms in total. The number of hydrogen-bond donors (Lipinski definition) is 1. The molecule has 0 radical (unpaired) electrons. The maximum atomic E-state index is 12.1. The molecule has 42 valence electrons. The quantitative estimate of drug-likeness (QED) is 0.434. The van der Waals surface area contributed by atoms with Crippen molar-refractivity contribution in [2.45, 2.75) is 25.6 Å². The van der Waals surface area contributed by atoms with Gasteiger partial charge in [0.2, 0.25) is 0 Å². The van der Waals surface area contributed by atoms with Gasteiger partial charge in [0.05, 0.1) is 6.04 Å². The van der Waals surface area contributed by atoms with Gasteiger partial charge in [0.25, 0.3) is 0 Å². The molecule has 1 saturated heterocycles. The molecule has 0 aromatic heterocycles. The van der Waals surface area contributed by atoms with Crippen LogP contribution in [0.1, 0.15) is 13.3 Å². The zero-order chi connectivity index (χ0) is 5.28. The van der Waals surface area contributed by atoms with Gasteiger partial charge < -0.3 is 5.32 Å². The van der Waals surface area contributed by atoms with E-state index in [9.17, 15) is 4.39 Å². The molecule has 2 heteroatoms. The maximum Gasteiger partial charge on any atom is 0.154 e. The molecule has 2 unspecified atom stereocenters. The lowest BCUT2D eigenvalue weighted by Crippen LogP contribution is -2.86. The average molecular weight is 104 g/mol. The predicted octanol–water partition coefficient (Wildman–Crippen LogP) is -0.320. The summed E-state index contributed by atoms with van der Waals surface area (Å²) in [5.74, 6) is 0. The average Bonchev–Trinajstić information content (AvgIpc) is 1.87. The first-order valence-corrected chi connectivity index (χ1v) is 2.76. The molecule has 1 heterocycles. The van der Waals surface area contributed by atoms with Gasteiger partial charge in [0.1, 0.15) is 6.54 Å². The minimum Gasteiger partial charge on any atom is -0.342 e. The van der Waals surface area contributed by atoms with Crippen LogP contribution in [-0.4, -0.2) is 18.8 Å². The van der Waals surface area contributed by atoms with Crippen molar-refractivity contribution in [1.82, 2.24) is 0 Å². The van der Waals surface area contributed by atoms with Gasteiger partial charge in [0.15, 0.2) is 6.17 Å². The highest BCUT2D eigenvalue weighted by molar-refractivity contribution is 4.62. The first kappa shape index (κ1) is 5.04. The number of nitrogens with two attached hydrogens (primary N) is 1. The van der Waals surface area contributed by atoms with Gasteiger partial charge in [-0.25, -0.2) is 4.39 Å². The van der Waals surface area contributed by atoms with Crippen LogP contribution in [-0.2, 0) is 0 Å². The molecule has 7 heavy (non-hydrogen) atoms. The summed E-state index contributed by atoms with van der Waals surface area (Å²) in [6, 6.07) is 0.523. The van der Waals surface area contributed by atoms with Crippen molar-refractivity contribution in [3.8, 4) is 0 Å². The topological polar surface area (TPSA) is 16.6 Å². The van der Waals surface area contributed by atoms with E-state index in [0.29, 0.717) is 12.6 Å². The first-order valence-electron chi connectivity index (χ1n) is 2.76. The fraction of sp³-hybridized carbons (Fsp3) is 1.00. The minimum atomic E-state index is -0.532. The van der Waals surface area contributed by atoms with Crippen LogP contribution in [0, 0.1) is 0 Å². The van der Waals surface area contributed by atoms with Crippen molar-refractivity contribution < 1.29 is 9.71 Å². The number of rotatable bonds is 0. The highest BCUT2D eigenvalue weighted by atomic mass is 19.1. The third-order valence-electron chi connectivity index (χ3n) is 1.42. The summed E-state index contributed by atoms with van der Waals surface area (Å²) >= 11 is 0. The summed E-state index contributed by atoms with van der Waals surface area (Å²) in [6.45, 7) is 2.74. The van der Waals surface area contributed by atoms with Crippen LogP contribution in [0.25, 0.3) is 0 Å². The molecule has 0 aliphatic carbocycles. The van der Waals surface area contributed by atoms with E-state index in [1.807, 2.05) is 5.32 Å². The Kier molecular flexibility index (Phi) is 1.28. The SMILES string of the molecule is CC1CC(F)C[NH2+]1. The van der Waals surface area contributed by atoms with E-state index in [2.05, 4.69) is 6.92 Å². The van der Waals surface area contributed by atoms with Crippen LogP contribution in [0.2, 0.25) is 0 Å². The van der Waals surface area contributed by atoms with Crippen molar-refractivity contribution >= 4 is 0 Å². The Bertz CT molecular complexity index is 57.1. The summed E-state index contributed by atoms with van der Waals surface area (Å²) in [5.41, 5.74) is 0. The van der Waals surface area contributed by atoms with Crippen LogP contribution in [0.5, 0.6) is 0 Å². The lowest BCUT2D eigenvalue weighted by atomic mass is 10.2. The summed E-state index contributed by atoms with van der Waals surface area (Å²) in [4.78, 5) is 0. The molecule has 0 saturated carbocycles. The minimum absolute atomic E-state index is 0.523. The largest absolute Gasteiger partial charge is 0.342 e. The second-order valence-electron chi connectivity index (χ2n) is 2.28.